The van der Waals surface area contributed by atoms with Crippen molar-refractivity contribution in [1.29, 1.82) is 0 Å². The number of rotatable bonds is 5. The van der Waals surface area contributed by atoms with Gasteiger partial charge in [0.25, 0.3) is 0 Å². The minimum Gasteiger partial charge on any atom is -0.481 e. The molecule has 92 valence electrons. The van der Waals surface area contributed by atoms with Crippen molar-refractivity contribution in [1.82, 2.24) is 4.98 Å². The zero-order valence-electron chi connectivity index (χ0n) is 10.0. The van der Waals surface area contributed by atoms with Crippen molar-refractivity contribution in [3.63, 3.8) is 0 Å². The number of carboxylic acid groups (broad SMARTS) is 1. The second-order valence-corrected chi connectivity index (χ2v) is 4.99. The van der Waals surface area contributed by atoms with E-state index in [-0.39, 0.29) is 12.5 Å². The predicted molar refractivity (Wildman–Crippen MR) is 64.5 cm³/mol. The van der Waals surface area contributed by atoms with Crippen LogP contribution in [0.3, 0.4) is 0 Å². The standard InChI is InChI=1S/C13H18N2O2/c1-9-4-10(7-15-6-9)5-13(8-14,12(16)17)11-2-3-11/h4,6-7,11H,2-3,5,8,14H2,1H3,(H,16,17). The molecule has 0 saturated heterocycles. The molecule has 1 aliphatic carbocycles. The smallest absolute Gasteiger partial charge is 0.311 e. The zero-order valence-corrected chi connectivity index (χ0v) is 10.0. The number of nitrogens with two attached hydrogens (primary N) is 1. The topological polar surface area (TPSA) is 76.2 Å². The van der Waals surface area contributed by atoms with Crippen LogP contribution in [0.2, 0.25) is 0 Å². The van der Waals surface area contributed by atoms with Gasteiger partial charge in [-0.25, -0.2) is 0 Å². The molecule has 1 aromatic rings. The van der Waals surface area contributed by atoms with E-state index in [9.17, 15) is 9.90 Å². The van der Waals surface area contributed by atoms with Gasteiger partial charge in [-0.1, -0.05) is 6.07 Å². The molecule has 0 aliphatic heterocycles. The van der Waals surface area contributed by atoms with E-state index in [1.54, 1.807) is 12.4 Å². The van der Waals surface area contributed by atoms with Gasteiger partial charge in [0.15, 0.2) is 0 Å². The molecule has 3 N–H and O–H groups in total. The Kier molecular flexibility index (Phi) is 3.15. The average Bonchev–Trinajstić information content (AvgIpc) is 3.09. The summed E-state index contributed by atoms with van der Waals surface area (Å²) in [5.74, 6) is -0.547. The molecule has 1 fully saturated rings. The molecule has 1 heterocycles. The quantitative estimate of drug-likeness (QED) is 0.806. The number of hydrogen-bond donors (Lipinski definition) is 2. The van der Waals surface area contributed by atoms with E-state index in [0.717, 1.165) is 24.0 Å². The number of carbonyl (C=O) groups is 1. The van der Waals surface area contributed by atoms with Gasteiger partial charge in [0, 0.05) is 18.9 Å². The average molecular weight is 234 g/mol. The van der Waals surface area contributed by atoms with Crippen LogP contribution >= 0.6 is 0 Å². The molecule has 17 heavy (non-hydrogen) atoms. The maximum atomic E-state index is 11.5. The van der Waals surface area contributed by atoms with Gasteiger partial charge in [-0.2, -0.15) is 0 Å². The highest BCUT2D eigenvalue weighted by Crippen LogP contribution is 2.47. The van der Waals surface area contributed by atoms with E-state index in [1.807, 2.05) is 13.0 Å². The highest BCUT2D eigenvalue weighted by molar-refractivity contribution is 5.76. The van der Waals surface area contributed by atoms with Crippen molar-refractivity contribution in [3.8, 4) is 0 Å². The number of aromatic nitrogens is 1. The number of nitrogens with zero attached hydrogens (tertiary/aromatic N) is 1. The number of aliphatic carboxylic acids is 1. The fourth-order valence-electron chi connectivity index (χ4n) is 2.44. The highest BCUT2D eigenvalue weighted by atomic mass is 16.4. The maximum Gasteiger partial charge on any atom is 0.311 e. The Hall–Kier alpha value is -1.42. The van der Waals surface area contributed by atoms with Gasteiger partial charge in [-0.05, 0) is 43.2 Å². The first-order valence-corrected chi connectivity index (χ1v) is 5.92. The van der Waals surface area contributed by atoms with Crippen LogP contribution in [0.25, 0.3) is 0 Å². The predicted octanol–water partition coefficient (Wildman–Crippen LogP) is 1.37. The summed E-state index contributed by atoms with van der Waals surface area (Å²) in [4.78, 5) is 15.6. The molecule has 1 atom stereocenters. The van der Waals surface area contributed by atoms with Gasteiger partial charge < -0.3 is 10.8 Å². The van der Waals surface area contributed by atoms with Gasteiger partial charge in [0.05, 0.1) is 5.41 Å². The van der Waals surface area contributed by atoms with Gasteiger partial charge in [0.2, 0.25) is 0 Å². The lowest BCUT2D eigenvalue weighted by Crippen LogP contribution is -2.42. The first-order valence-electron chi connectivity index (χ1n) is 5.92. The Labute approximate surface area is 101 Å². The maximum absolute atomic E-state index is 11.5. The lowest BCUT2D eigenvalue weighted by Gasteiger charge is -2.28. The van der Waals surface area contributed by atoms with Gasteiger partial charge in [0.1, 0.15) is 0 Å². The first kappa shape index (κ1) is 12.0. The van der Waals surface area contributed by atoms with Crippen molar-refractivity contribution >= 4 is 5.97 Å². The Morgan fingerprint density at radius 3 is 2.76 bits per heavy atom. The summed E-state index contributed by atoms with van der Waals surface area (Å²) in [6.07, 6.45) is 5.94. The second-order valence-electron chi connectivity index (χ2n) is 4.99. The summed E-state index contributed by atoms with van der Waals surface area (Å²) in [6.45, 7) is 2.15. The molecule has 1 aromatic heterocycles. The lowest BCUT2D eigenvalue weighted by molar-refractivity contribution is -0.149. The third-order valence-corrected chi connectivity index (χ3v) is 3.60. The van der Waals surface area contributed by atoms with Crippen molar-refractivity contribution in [2.24, 2.45) is 17.1 Å². The molecule has 4 nitrogen and oxygen atoms in total. The summed E-state index contributed by atoms with van der Waals surface area (Å²) in [5, 5.41) is 9.46. The third-order valence-electron chi connectivity index (χ3n) is 3.60. The van der Waals surface area contributed by atoms with Gasteiger partial charge in [-0.3, -0.25) is 9.78 Å². The third kappa shape index (κ3) is 2.31. The fraction of sp³-hybridized carbons (Fsp3) is 0.538. The van der Waals surface area contributed by atoms with Crippen LogP contribution < -0.4 is 5.73 Å². The summed E-state index contributed by atoms with van der Waals surface area (Å²) < 4.78 is 0. The van der Waals surface area contributed by atoms with E-state index >= 15 is 0 Å². The van der Waals surface area contributed by atoms with Crippen LogP contribution in [0.15, 0.2) is 18.5 Å². The molecule has 1 saturated carbocycles. The molecule has 0 amide bonds. The molecule has 1 unspecified atom stereocenters. The molecule has 0 bridgehead atoms. The first-order chi connectivity index (χ1) is 8.08. The van der Waals surface area contributed by atoms with Gasteiger partial charge in [-0.15, -0.1) is 0 Å². The molecule has 0 spiro atoms. The molecule has 0 aromatic carbocycles. The summed E-state index contributed by atoms with van der Waals surface area (Å²) in [5.41, 5.74) is 6.95. The highest BCUT2D eigenvalue weighted by Gasteiger charge is 2.50. The number of carboxylic acids is 1. The Bertz CT molecular complexity index is 429. The van der Waals surface area contributed by atoms with Crippen molar-refractivity contribution in [2.75, 3.05) is 6.54 Å². The molecular weight excluding hydrogens is 216 g/mol. The van der Waals surface area contributed by atoms with Crippen LogP contribution in [0.5, 0.6) is 0 Å². The monoisotopic (exact) mass is 234 g/mol. The summed E-state index contributed by atoms with van der Waals surface area (Å²) >= 11 is 0. The summed E-state index contributed by atoms with van der Waals surface area (Å²) in [7, 11) is 0. The van der Waals surface area contributed by atoms with Crippen LogP contribution in [0, 0.1) is 18.3 Å². The van der Waals surface area contributed by atoms with Crippen LogP contribution in [-0.2, 0) is 11.2 Å². The fourth-order valence-corrected chi connectivity index (χ4v) is 2.44. The van der Waals surface area contributed by atoms with Gasteiger partial charge >= 0.3 is 5.97 Å². The Morgan fingerprint density at radius 2 is 2.29 bits per heavy atom. The molecule has 4 heteroatoms. The Morgan fingerprint density at radius 1 is 1.59 bits per heavy atom. The second kappa shape index (κ2) is 4.45. The number of pyridine rings is 1. The number of hydrogen-bond acceptors (Lipinski definition) is 3. The SMILES string of the molecule is Cc1cncc(CC(CN)(C(=O)O)C2CC2)c1. The van der Waals surface area contributed by atoms with E-state index in [2.05, 4.69) is 4.98 Å². The minimum atomic E-state index is -0.796. The van der Waals surface area contributed by atoms with Crippen LogP contribution in [-0.4, -0.2) is 22.6 Å². The minimum absolute atomic E-state index is 0.195. The molecule has 2 rings (SSSR count). The summed E-state index contributed by atoms with van der Waals surface area (Å²) in [6, 6.07) is 1.99. The largest absolute Gasteiger partial charge is 0.481 e. The van der Waals surface area contributed by atoms with E-state index < -0.39 is 11.4 Å². The lowest BCUT2D eigenvalue weighted by atomic mass is 9.77. The Balaban J connectivity index is 2.26. The number of aryl methyl sites for hydroxylation is 1. The zero-order chi connectivity index (χ0) is 12.5. The van der Waals surface area contributed by atoms with Crippen molar-refractivity contribution < 1.29 is 9.90 Å². The van der Waals surface area contributed by atoms with Crippen molar-refractivity contribution in [3.05, 3.63) is 29.6 Å². The van der Waals surface area contributed by atoms with Crippen LogP contribution in [0.4, 0.5) is 0 Å². The van der Waals surface area contributed by atoms with E-state index in [4.69, 9.17) is 5.73 Å². The molecule has 0 radical (unpaired) electrons. The van der Waals surface area contributed by atoms with Crippen LogP contribution in [0.1, 0.15) is 24.0 Å². The molecule has 1 aliphatic rings. The van der Waals surface area contributed by atoms with E-state index in [0.29, 0.717) is 6.42 Å². The van der Waals surface area contributed by atoms with E-state index in [1.165, 1.54) is 0 Å². The van der Waals surface area contributed by atoms with Crippen molar-refractivity contribution in [2.45, 2.75) is 26.2 Å². The normalized spacial score (nSPS) is 18.7. The molecular formula is C13H18N2O2.